The second-order valence-electron chi connectivity index (χ2n) is 20.6. The van der Waals surface area contributed by atoms with Crippen LogP contribution in [0.1, 0.15) is 90.2 Å². The third kappa shape index (κ3) is 12.0. The highest BCUT2D eigenvalue weighted by molar-refractivity contribution is 6.31. The maximum atomic E-state index is 14.2. The number of nitrogens with zero attached hydrogens (tertiary/aromatic N) is 5. The van der Waals surface area contributed by atoms with Crippen molar-refractivity contribution in [1.82, 2.24) is 30.7 Å². The minimum Gasteiger partial charge on any atom is -0.489 e. The number of likely N-dealkylation sites (tertiary alicyclic amines) is 1. The molecule has 362 valence electrons. The topological polar surface area (TPSA) is 189 Å². The van der Waals surface area contributed by atoms with E-state index < -0.39 is 52.4 Å². The van der Waals surface area contributed by atoms with Gasteiger partial charge in [0, 0.05) is 86.4 Å². The number of pyridine rings is 1. The van der Waals surface area contributed by atoms with Crippen LogP contribution in [0.5, 0.6) is 5.75 Å². The standard InChI is InChI=1S/C50H66Cl2N8O7/c1-30(2)40(44(64)56-41(48(3,4)5)45(65)60-29-35(61)24-38(60)43(63)55-27-31-10-14-34(51)15-11-31)66-23-22-58-18-20-59(21-19-58)39-17-13-33(28-54-39)42(62)57-46-49(6,7)47(50(46,8)9)67-36-16-12-32(26-53)37(52)25-36/h10-17,25,28,30,35,38,40-41,46-47,61H,18-24,27,29H2,1-9H3,(H,55,63)(H,56,64)(H,57,62)/t35-,38+,40+,41-,46?,47?/m1/s1. The zero-order chi connectivity index (χ0) is 49.0. The molecule has 0 bridgehead atoms. The molecule has 2 aliphatic heterocycles. The summed E-state index contributed by atoms with van der Waals surface area (Å²) in [5, 5.41) is 29.8. The van der Waals surface area contributed by atoms with E-state index in [0.29, 0.717) is 53.2 Å². The zero-order valence-corrected chi connectivity index (χ0v) is 41.6. The smallest absolute Gasteiger partial charge is 0.253 e. The zero-order valence-electron chi connectivity index (χ0n) is 40.1. The summed E-state index contributed by atoms with van der Waals surface area (Å²) in [6.45, 7) is 21.6. The molecule has 4 atom stereocenters. The first-order valence-corrected chi connectivity index (χ1v) is 23.8. The fourth-order valence-electron chi connectivity index (χ4n) is 9.85. The summed E-state index contributed by atoms with van der Waals surface area (Å²) in [6.07, 6.45) is -0.228. The Bertz CT molecular complexity index is 2270. The summed E-state index contributed by atoms with van der Waals surface area (Å²) < 4.78 is 12.6. The number of piperazine rings is 1. The van der Waals surface area contributed by atoms with E-state index in [1.165, 1.54) is 4.90 Å². The van der Waals surface area contributed by atoms with Crippen molar-refractivity contribution in [2.75, 3.05) is 50.8 Å². The number of hydrogen-bond donors (Lipinski definition) is 4. The molecule has 4 N–H and O–H groups in total. The number of nitriles is 1. The number of ether oxygens (including phenoxy) is 2. The number of nitrogens with one attached hydrogen (secondary N) is 3. The monoisotopic (exact) mass is 960 g/mol. The highest BCUT2D eigenvalue weighted by Crippen LogP contribution is 2.55. The Morgan fingerprint density at radius 3 is 2.22 bits per heavy atom. The molecule has 2 saturated heterocycles. The Hall–Kier alpha value is -4.98. The number of aliphatic hydroxyl groups is 1. The molecule has 0 spiro atoms. The Morgan fingerprint density at radius 2 is 1.64 bits per heavy atom. The van der Waals surface area contributed by atoms with E-state index in [1.807, 2.05) is 40.7 Å². The predicted octanol–water partition coefficient (Wildman–Crippen LogP) is 5.84. The van der Waals surface area contributed by atoms with E-state index in [4.69, 9.17) is 32.7 Å². The number of aromatic nitrogens is 1. The highest BCUT2D eigenvalue weighted by atomic mass is 35.5. The van der Waals surface area contributed by atoms with Crippen LogP contribution in [0.15, 0.2) is 60.8 Å². The van der Waals surface area contributed by atoms with Crippen LogP contribution in [-0.2, 0) is 25.7 Å². The largest absolute Gasteiger partial charge is 0.489 e. The Kier molecular flexibility index (Phi) is 16.2. The summed E-state index contributed by atoms with van der Waals surface area (Å²) in [4.78, 5) is 65.4. The van der Waals surface area contributed by atoms with E-state index in [1.54, 1.807) is 54.7 Å². The molecule has 2 aromatic carbocycles. The lowest BCUT2D eigenvalue weighted by Crippen LogP contribution is -2.74. The SMILES string of the molecule is CC(C)[C@H](OCCN1CCN(c2ccc(C(=O)NC3C(C)(C)C(Oc4ccc(C#N)c(Cl)c4)C3(C)C)cn2)CC1)C(=O)N[C@H](C(=O)N1C[C@H](O)C[C@H]1C(=O)NCc1ccc(Cl)cc1)C(C)(C)C. The van der Waals surface area contributed by atoms with Gasteiger partial charge in [0.15, 0.2) is 0 Å². The van der Waals surface area contributed by atoms with Crippen molar-refractivity contribution in [3.63, 3.8) is 0 Å². The van der Waals surface area contributed by atoms with E-state index >= 15 is 0 Å². The number of carbonyl (C=O) groups excluding carboxylic acids is 4. The number of aliphatic hydroxyl groups excluding tert-OH is 1. The van der Waals surface area contributed by atoms with Gasteiger partial charge in [-0.2, -0.15) is 5.26 Å². The number of rotatable bonds is 16. The molecule has 17 heteroatoms. The number of β-amino-alcohol motifs (C(OH)–C–C–N with tert-alkyl or cyclic N) is 1. The van der Waals surface area contributed by atoms with Crippen LogP contribution < -0.4 is 25.6 Å². The van der Waals surface area contributed by atoms with Crippen LogP contribution in [0.2, 0.25) is 10.0 Å². The molecule has 3 heterocycles. The predicted molar refractivity (Wildman–Crippen MR) is 258 cm³/mol. The van der Waals surface area contributed by atoms with Crippen molar-refractivity contribution < 1.29 is 33.8 Å². The minimum atomic E-state index is -0.982. The quantitative estimate of drug-likeness (QED) is 0.135. The van der Waals surface area contributed by atoms with Gasteiger partial charge in [-0.1, -0.05) is 97.6 Å². The molecule has 0 unspecified atom stereocenters. The Labute approximate surface area is 404 Å². The fourth-order valence-corrected chi connectivity index (χ4v) is 10.2. The van der Waals surface area contributed by atoms with Gasteiger partial charge in [-0.25, -0.2) is 4.98 Å². The maximum absolute atomic E-state index is 14.2. The average molecular weight is 962 g/mol. The Morgan fingerprint density at radius 1 is 0.970 bits per heavy atom. The lowest BCUT2D eigenvalue weighted by atomic mass is 9.49. The maximum Gasteiger partial charge on any atom is 0.253 e. The van der Waals surface area contributed by atoms with Gasteiger partial charge >= 0.3 is 0 Å². The van der Waals surface area contributed by atoms with Gasteiger partial charge in [-0.05, 0) is 53.3 Å². The summed E-state index contributed by atoms with van der Waals surface area (Å²) in [6, 6.07) is 15.8. The van der Waals surface area contributed by atoms with Crippen LogP contribution in [-0.4, -0.2) is 126 Å². The highest BCUT2D eigenvalue weighted by Gasteiger charge is 2.64. The van der Waals surface area contributed by atoms with Crippen molar-refractivity contribution in [2.24, 2.45) is 22.2 Å². The first-order valence-electron chi connectivity index (χ1n) is 23.0. The number of benzene rings is 2. The van der Waals surface area contributed by atoms with Crippen molar-refractivity contribution in [1.29, 1.82) is 5.26 Å². The first kappa shape index (κ1) is 51.4. The molecule has 1 aliphatic carbocycles. The first-order chi connectivity index (χ1) is 31.5. The van der Waals surface area contributed by atoms with Crippen LogP contribution >= 0.6 is 23.2 Å². The van der Waals surface area contributed by atoms with Crippen molar-refractivity contribution >= 4 is 52.6 Å². The molecule has 1 aromatic heterocycles. The summed E-state index contributed by atoms with van der Waals surface area (Å²) in [5.74, 6) is -0.293. The summed E-state index contributed by atoms with van der Waals surface area (Å²) >= 11 is 12.3. The van der Waals surface area contributed by atoms with Crippen LogP contribution in [0.25, 0.3) is 0 Å². The Balaban J connectivity index is 0.964. The van der Waals surface area contributed by atoms with Gasteiger partial charge < -0.3 is 40.3 Å². The van der Waals surface area contributed by atoms with Gasteiger partial charge in [-0.3, -0.25) is 24.1 Å². The molecule has 3 fully saturated rings. The second-order valence-corrected chi connectivity index (χ2v) is 21.5. The molecule has 67 heavy (non-hydrogen) atoms. The van der Waals surface area contributed by atoms with Gasteiger partial charge in [-0.15, -0.1) is 0 Å². The van der Waals surface area contributed by atoms with Crippen LogP contribution in [0.3, 0.4) is 0 Å². The lowest BCUT2D eigenvalue weighted by Gasteiger charge is -2.63. The number of carbonyl (C=O) groups is 4. The van der Waals surface area contributed by atoms with E-state index in [0.717, 1.165) is 24.5 Å². The molecular weight excluding hydrogens is 896 g/mol. The molecule has 15 nitrogen and oxygen atoms in total. The van der Waals surface area contributed by atoms with Crippen LogP contribution in [0, 0.1) is 33.5 Å². The number of halogens is 2. The second kappa shape index (κ2) is 21.1. The summed E-state index contributed by atoms with van der Waals surface area (Å²) in [5.41, 5.74) is 0.163. The van der Waals surface area contributed by atoms with Crippen molar-refractivity contribution in [2.45, 2.75) is 112 Å². The molecule has 3 aliphatic rings. The lowest BCUT2D eigenvalue weighted by molar-refractivity contribution is -0.164. The van der Waals surface area contributed by atoms with Gasteiger partial charge in [0.2, 0.25) is 17.7 Å². The number of amides is 4. The van der Waals surface area contributed by atoms with Gasteiger partial charge in [0.05, 0.1) is 28.9 Å². The van der Waals surface area contributed by atoms with Gasteiger partial charge in [0.1, 0.15) is 41.9 Å². The number of hydrogen-bond acceptors (Lipinski definition) is 11. The third-order valence-corrected chi connectivity index (χ3v) is 13.9. The average Bonchev–Trinajstić information content (AvgIpc) is 3.68. The molecular formula is C50H66Cl2N8O7. The molecule has 4 amide bonds. The molecule has 3 aromatic rings. The normalized spacial score (nSPS) is 22.3. The van der Waals surface area contributed by atoms with Crippen molar-refractivity contribution in [3.05, 3.63) is 87.5 Å². The van der Waals surface area contributed by atoms with E-state index in [-0.39, 0.29) is 49.4 Å². The van der Waals surface area contributed by atoms with Gasteiger partial charge in [0.25, 0.3) is 5.91 Å². The molecule has 0 radical (unpaired) electrons. The summed E-state index contributed by atoms with van der Waals surface area (Å²) in [7, 11) is 0. The third-order valence-electron chi connectivity index (χ3n) is 13.3. The fraction of sp³-hybridized carbons (Fsp3) is 0.560. The van der Waals surface area contributed by atoms with Crippen molar-refractivity contribution in [3.8, 4) is 11.8 Å². The molecule has 1 saturated carbocycles. The van der Waals surface area contributed by atoms with Crippen LogP contribution in [0.4, 0.5) is 5.82 Å². The molecule has 6 rings (SSSR count). The van der Waals surface area contributed by atoms with E-state index in [9.17, 15) is 29.5 Å². The number of anilines is 1. The minimum absolute atomic E-state index is 0.0217. The van der Waals surface area contributed by atoms with E-state index in [2.05, 4.69) is 64.5 Å².